The molecule has 0 aliphatic rings. The largest absolute Gasteiger partial charge is 0.280 e. The second-order valence-electron chi connectivity index (χ2n) is 4.81. The third-order valence-electron chi connectivity index (χ3n) is 2.99. The summed E-state index contributed by atoms with van der Waals surface area (Å²) >= 11 is 5.93. The van der Waals surface area contributed by atoms with Gasteiger partial charge in [-0.25, -0.2) is 16.8 Å². The number of rotatable bonds is 4. The van der Waals surface area contributed by atoms with Gasteiger partial charge in [-0.2, -0.15) is 0 Å². The van der Waals surface area contributed by atoms with Crippen LogP contribution in [0.4, 0.5) is 5.69 Å². The maximum Gasteiger partial charge on any atom is 0.261 e. The number of hydrogen-bond acceptors (Lipinski definition) is 4. The zero-order valence-corrected chi connectivity index (χ0v) is 14.3. The molecule has 0 aliphatic carbocycles. The molecule has 22 heavy (non-hydrogen) atoms. The van der Waals surface area contributed by atoms with Crippen molar-refractivity contribution in [2.75, 3.05) is 11.0 Å². The number of nitrogens with one attached hydrogen (secondary N) is 1. The first-order valence-electron chi connectivity index (χ1n) is 6.19. The predicted molar refractivity (Wildman–Crippen MR) is 86.5 cm³/mol. The third-order valence-corrected chi connectivity index (χ3v) is 5.90. The molecule has 2 aromatic rings. The summed E-state index contributed by atoms with van der Waals surface area (Å²) in [5.41, 5.74) is 1.04. The van der Waals surface area contributed by atoms with E-state index in [0.717, 1.165) is 11.8 Å². The monoisotopic (exact) mass is 359 g/mol. The van der Waals surface area contributed by atoms with Crippen molar-refractivity contribution in [2.45, 2.75) is 16.7 Å². The molecule has 0 saturated carbocycles. The average Bonchev–Trinajstić information content (AvgIpc) is 2.41. The molecule has 0 aromatic heterocycles. The highest BCUT2D eigenvalue weighted by molar-refractivity contribution is 7.92. The van der Waals surface area contributed by atoms with Crippen molar-refractivity contribution in [3.63, 3.8) is 0 Å². The van der Waals surface area contributed by atoms with Gasteiger partial charge in [0.2, 0.25) is 0 Å². The Morgan fingerprint density at radius 1 is 0.909 bits per heavy atom. The molecule has 0 atom stereocenters. The molecule has 0 bridgehead atoms. The Morgan fingerprint density at radius 2 is 1.45 bits per heavy atom. The minimum Gasteiger partial charge on any atom is -0.280 e. The van der Waals surface area contributed by atoms with Crippen LogP contribution in [0, 0.1) is 6.92 Å². The fraction of sp³-hybridized carbons (Fsp3) is 0.143. The summed E-state index contributed by atoms with van der Waals surface area (Å²) in [7, 11) is -7.11. The zero-order chi connectivity index (χ0) is 16.5. The molecule has 0 radical (unpaired) electrons. The zero-order valence-electron chi connectivity index (χ0n) is 11.9. The molecule has 0 saturated heterocycles. The molecule has 0 aliphatic heterocycles. The number of anilines is 1. The lowest BCUT2D eigenvalue weighted by Crippen LogP contribution is -2.13. The summed E-state index contributed by atoms with van der Waals surface area (Å²) in [6, 6.07) is 9.90. The van der Waals surface area contributed by atoms with Gasteiger partial charge >= 0.3 is 0 Å². The van der Waals surface area contributed by atoms with Gasteiger partial charge in [0, 0.05) is 17.0 Å². The van der Waals surface area contributed by atoms with E-state index < -0.39 is 19.9 Å². The Kier molecular flexibility index (Phi) is 4.51. The lowest BCUT2D eigenvalue weighted by Gasteiger charge is -2.09. The van der Waals surface area contributed by atoms with Gasteiger partial charge < -0.3 is 0 Å². The van der Waals surface area contributed by atoms with Crippen molar-refractivity contribution < 1.29 is 16.8 Å². The second-order valence-corrected chi connectivity index (χ2v) is 8.92. The molecular formula is C14H14ClNO4S2. The summed E-state index contributed by atoms with van der Waals surface area (Å²) in [6.07, 6.45) is 1.08. The summed E-state index contributed by atoms with van der Waals surface area (Å²) in [4.78, 5) is 0.157. The number of hydrogen-bond donors (Lipinski definition) is 1. The average molecular weight is 360 g/mol. The number of halogens is 1. The van der Waals surface area contributed by atoms with Gasteiger partial charge in [-0.15, -0.1) is 0 Å². The second kappa shape index (κ2) is 5.91. The van der Waals surface area contributed by atoms with Gasteiger partial charge in [0.25, 0.3) is 10.0 Å². The van der Waals surface area contributed by atoms with E-state index in [1.165, 1.54) is 36.4 Å². The van der Waals surface area contributed by atoms with E-state index in [1.54, 1.807) is 13.0 Å². The molecule has 0 heterocycles. The smallest absolute Gasteiger partial charge is 0.261 e. The highest BCUT2D eigenvalue weighted by Gasteiger charge is 2.16. The number of aryl methyl sites for hydroxylation is 1. The van der Waals surface area contributed by atoms with Crippen molar-refractivity contribution in [1.82, 2.24) is 0 Å². The standard InChI is InChI=1S/C14H14ClNO4S2/c1-10-3-6-13(9-14(10)15)22(19,20)16-11-4-7-12(8-5-11)21(2,17)18/h3-9,16H,1-2H3. The van der Waals surface area contributed by atoms with Crippen LogP contribution in [-0.2, 0) is 19.9 Å². The topological polar surface area (TPSA) is 80.3 Å². The fourth-order valence-electron chi connectivity index (χ4n) is 1.72. The van der Waals surface area contributed by atoms with Crippen molar-refractivity contribution in [3.8, 4) is 0 Å². The molecule has 2 aromatic carbocycles. The van der Waals surface area contributed by atoms with Crippen LogP contribution in [0.2, 0.25) is 5.02 Å². The highest BCUT2D eigenvalue weighted by Crippen LogP contribution is 2.22. The summed E-state index contributed by atoms with van der Waals surface area (Å²) < 4.78 is 49.6. The summed E-state index contributed by atoms with van der Waals surface area (Å²) in [6.45, 7) is 1.77. The maximum atomic E-state index is 12.3. The Morgan fingerprint density at radius 3 is 1.95 bits per heavy atom. The van der Waals surface area contributed by atoms with Crippen LogP contribution in [0.25, 0.3) is 0 Å². The Labute approximate surface area is 134 Å². The molecule has 8 heteroatoms. The van der Waals surface area contributed by atoms with Gasteiger partial charge in [-0.1, -0.05) is 17.7 Å². The highest BCUT2D eigenvalue weighted by atomic mass is 35.5. The minimum absolute atomic E-state index is 0.0373. The van der Waals surface area contributed by atoms with Crippen LogP contribution in [0.1, 0.15) is 5.56 Å². The van der Waals surface area contributed by atoms with Crippen LogP contribution >= 0.6 is 11.6 Å². The molecule has 0 unspecified atom stereocenters. The fourth-order valence-corrected chi connectivity index (χ4v) is 3.69. The van der Waals surface area contributed by atoms with Crippen molar-refractivity contribution >= 4 is 37.1 Å². The Bertz CT molecular complexity index is 904. The van der Waals surface area contributed by atoms with Gasteiger partial charge in [0.05, 0.1) is 9.79 Å². The van der Waals surface area contributed by atoms with Gasteiger partial charge in [-0.05, 0) is 48.9 Å². The van der Waals surface area contributed by atoms with Crippen LogP contribution < -0.4 is 4.72 Å². The minimum atomic E-state index is -3.78. The molecule has 2 rings (SSSR count). The van der Waals surface area contributed by atoms with Gasteiger partial charge in [0.15, 0.2) is 9.84 Å². The van der Waals surface area contributed by atoms with E-state index in [0.29, 0.717) is 5.02 Å². The van der Waals surface area contributed by atoms with Gasteiger partial charge in [-0.3, -0.25) is 4.72 Å². The van der Waals surface area contributed by atoms with Crippen LogP contribution in [0.15, 0.2) is 52.3 Å². The molecule has 5 nitrogen and oxygen atoms in total. The Balaban J connectivity index is 2.30. The van der Waals surface area contributed by atoms with Crippen LogP contribution in [-0.4, -0.2) is 23.1 Å². The first kappa shape index (κ1) is 16.8. The van der Waals surface area contributed by atoms with Crippen molar-refractivity contribution in [1.29, 1.82) is 0 Å². The quantitative estimate of drug-likeness (QED) is 0.910. The van der Waals surface area contributed by atoms with E-state index in [1.807, 2.05) is 0 Å². The molecule has 118 valence electrons. The number of benzene rings is 2. The number of sulfone groups is 1. The predicted octanol–water partition coefficient (Wildman–Crippen LogP) is 2.85. The normalized spacial score (nSPS) is 12.1. The third kappa shape index (κ3) is 3.79. The molecule has 1 N–H and O–H groups in total. The van der Waals surface area contributed by atoms with E-state index in [2.05, 4.69) is 4.72 Å². The number of sulfonamides is 1. The summed E-state index contributed by atoms with van der Waals surface area (Å²) in [5, 5.41) is 0.357. The van der Waals surface area contributed by atoms with E-state index in [-0.39, 0.29) is 15.5 Å². The van der Waals surface area contributed by atoms with E-state index >= 15 is 0 Å². The molecule has 0 amide bonds. The van der Waals surface area contributed by atoms with E-state index in [9.17, 15) is 16.8 Å². The van der Waals surface area contributed by atoms with Crippen molar-refractivity contribution in [2.24, 2.45) is 0 Å². The van der Waals surface area contributed by atoms with Gasteiger partial charge in [0.1, 0.15) is 0 Å². The van der Waals surface area contributed by atoms with Crippen LogP contribution in [0.5, 0.6) is 0 Å². The first-order chi connectivity index (χ1) is 10.1. The summed E-state index contributed by atoms with van der Waals surface area (Å²) in [5.74, 6) is 0. The molecular weight excluding hydrogens is 346 g/mol. The lowest BCUT2D eigenvalue weighted by molar-refractivity contribution is 0.600. The SMILES string of the molecule is Cc1ccc(S(=O)(=O)Nc2ccc(S(C)(=O)=O)cc2)cc1Cl. The maximum absolute atomic E-state index is 12.3. The van der Waals surface area contributed by atoms with Crippen LogP contribution in [0.3, 0.4) is 0 Å². The molecule has 0 spiro atoms. The first-order valence-corrected chi connectivity index (χ1v) is 9.94. The van der Waals surface area contributed by atoms with E-state index in [4.69, 9.17) is 11.6 Å². The lowest BCUT2D eigenvalue weighted by atomic mass is 10.2. The Hall–Kier alpha value is -1.57. The molecule has 0 fully saturated rings. The van der Waals surface area contributed by atoms with Crippen molar-refractivity contribution in [3.05, 3.63) is 53.1 Å².